The van der Waals surface area contributed by atoms with Crippen molar-refractivity contribution in [3.05, 3.63) is 167 Å². The number of fused-ring (bicyclic) bond motifs is 18. The van der Waals surface area contributed by atoms with E-state index in [1.807, 2.05) is 0 Å². The van der Waals surface area contributed by atoms with E-state index in [-0.39, 0.29) is 23.2 Å². The van der Waals surface area contributed by atoms with Crippen LogP contribution in [-0.4, -0.2) is 12.4 Å². The van der Waals surface area contributed by atoms with Crippen molar-refractivity contribution in [1.82, 2.24) is 0 Å². The third-order valence-electron chi connectivity index (χ3n) is 15.7. The van der Waals surface area contributed by atoms with Gasteiger partial charge in [0.25, 0.3) is 0 Å². The molecule has 2 unspecified atom stereocenters. The minimum Gasteiger partial charge on any atom is -0.400 e. The van der Waals surface area contributed by atoms with Crippen LogP contribution >= 0.6 is 0 Å². The van der Waals surface area contributed by atoms with E-state index in [1.165, 1.54) is 120 Å². The van der Waals surface area contributed by atoms with E-state index >= 15 is 0 Å². The summed E-state index contributed by atoms with van der Waals surface area (Å²) in [4.78, 5) is 5.73. The number of rotatable bonds is 0. The molecule has 7 aromatic carbocycles. The summed E-state index contributed by atoms with van der Waals surface area (Å²) in [6, 6.07) is 52.3. The Labute approximate surface area is 330 Å². The van der Waals surface area contributed by atoms with Crippen LogP contribution in [-0.2, 0) is 16.2 Å². The lowest BCUT2D eigenvalue weighted by Crippen LogP contribution is -2.71. The minimum absolute atomic E-state index is 0.0314. The lowest BCUT2D eigenvalue weighted by molar-refractivity contribution is 0.199. The van der Waals surface area contributed by atoms with Crippen molar-refractivity contribution in [1.29, 1.82) is 0 Å². The van der Waals surface area contributed by atoms with Gasteiger partial charge in [0, 0.05) is 33.3 Å². The van der Waals surface area contributed by atoms with Gasteiger partial charge in [-0.05, 0) is 110 Å². The second-order valence-corrected chi connectivity index (χ2v) is 19.1. The van der Waals surface area contributed by atoms with Gasteiger partial charge in [0.1, 0.15) is 0 Å². The van der Waals surface area contributed by atoms with Crippen LogP contribution in [0.2, 0.25) is 0 Å². The van der Waals surface area contributed by atoms with Crippen molar-refractivity contribution in [2.45, 2.75) is 82.1 Å². The Bertz CT molecular complexity index is 2890. The highest BCUT2D eigenvalue weighted by Crippen LogP contribution is 2.67. The molecule has 0 aromatic heterocycles. The van der Waals surface area contributed by atoms with Gasteiger partial charge in [-0.15, -0.1) is 0 Å². The summed E-state index contributed by atoms with van der Waals surface area (Å²) in [5.74, 6) is 0. The second-order valence-electron chi connectivity index (χ2n) is 19.1. The van der Waals surface area contributed by atoms with Gasteiger partial charge in [-0.3, -0.25) is 0 Å². The average Bonchev–Trinajstić information content (AvgIpc) is 3.62. The van der Waals surface area contributed by atoms with E-state index in [9.17, 15) is 0 Å². The first kappa shape index (κ1) is 31.6. The summed E-state index contributed by atoms with van der Waals surface area (Å²) in [6.07, 6.45) is 4.98. The number of hydrogen-bond donors (Lipinski definition) is 0. The molecule has 3 heteroatoms. The number of benzene rings is 7. The van der Waals surface area contributed by atoms with Gasteiger partial charge in [0.15, 0.2) is 0 Å². The zero-order valence-corrected chi connectivity index (χ0v) is 33.0. The molecule has 0 bridgehead atoms. The summed E-state index contributed by atoms with van der Waals surface area (Å²) >= 11 is 0. The van der Waals surface area contributed by atoms with E-state index in [0.29, 0.717) is 0 Å². The molecule has 2 nitrogen and oxygen atoms in total. The van der Waals surface area contributed by atoms with E-state index in [1.54, 1.807) is 5.56 Å². The molecule has 4 heterocycles. The summed E-state index contributed by atoms with van der Waals surface area (Å²) < 4.78 is 0. The SMILES string of the molecule is CC(C)(C)c1cc2c3c(c1)C1(C)CCCCC1(C)N3B1c3cccc4c3N(c3ccccc3C43c4ccccc4-c4ccccc43)c3c1c-2cc1ccccc31. The highest BCUT2D eigenvalue weighted by atomic mass is 15.2. The minimum atomic E-state index is -0.440. The average molecular weight is 721 g/mol. The maximum atomic E-state index is 3.00. The molecule has 6 aliphatic rings. The fourth-order valence-electron chi connectivity index (χ4n) is 13.1. The first-order valence-corrected chi connectivity index (χ1v) is 20.9. The third-order valence-corrected chi connectivity index (χ3v) is 15.7. The molecule has 0 amide bonds. The summed E-state index contributed by atoms with van der Waals surface area (Å²) in [5, 5.41) is 2.65. The normalized spacial score (nSPS) is 22.3. The molecule has 1 saturated carbocycles. The van der Waals surface area contributed by atoms with Gasteiger partial charge in [-0.25, -0.2) is 0 Å². The Morgan fingerprint density at radius 1 is 0.554 bits per heavy atom. The van der Waals surface area contributed by atoms with E-state index in [4.69, 9.17) is 0 Å². The van der Waals surface area contributed by atoms with Crippen molar-refractivity contribution in [3.8, 4) is 22.3 Å². The fourth-order valence-corrected chi connectivity index (χ4v) is 13.1. The maximum absolute atomic E-state index is 3.00. The van der Waals surface area contributed by atoms with Crippen LogP contribution in [0.4, 0.5) is 22.7 Å². The summed E-state index contributed by atoms with van der Waals surface area (Å²) in [7, 11) is 0. The quantitative estimate of drug-likeness (QED) is 0.144. The maximum Gasteiger partial charge on any atom is 0.328 e. The third kappa shape index (κ3) is 3.35. The first-order chi connectivity index (χ1) is 27.2. The number of nitrogens with zero attached hydrogens (tertiary/aromatic N) is 2. The number of hydrogen-bond acceptors (Lipinski definition) is 2. The predicted molar refractivity (Wildman–Crippen MR) is 235 cm³/mol. The fraction of sp³-hybridized carbons (Fsp3) is 0.245. The molecule has 56 heavy (non-hydrogen) atoms. The van der Waals surface area contributed by atoms with Crippen LogP contribution < -0.4 is 20.6 Å². The van der Waals surface area contributed by atoms with Crippen molar-refractivity contribution in [2.24, 2.45) is 0 Å². The van der Waals surface area contributed by atoms with E-state index < -0.39 is 5.41 Å². The molecule has 0 saturated heterocycles. The Hall–Kier alpha value is -5.54. The van der Waals surface area contributed by atoms with Gasteiger partial charge in [-0.2, -0.15) is 0 Å². The second kappa shape index (κ2) is 10.1. The van der Waals surface area contributed by atoms with Crippen LogP contribution in [0.5, 0.6) is 0 Å². The molecular weight excluding hydrogens is 675 g/mol. The van der Waals surface area contributed by atoms with Gasteiger partial charge in [-0.1, -0.05) is 156 Å². The molecule has 2 atom stereocenters. The monoisotopic (exact) mass is 720 g/mol. The van der Waals surface area contributed by atoms with Gasteiger partial charge < -0.3 is 9.71 Å². The van der Waals surface area contributed by atoms with Crippen LogP contribution in [0.3, 0.4) is 0 Å². The smallest absolute Gasteiger partial charge is 0.328 e. The lowest BCUT2D eigenvalue weighted by atomic mass is 9.41. The zero-order chi connectivity index (χ0) is 37.5. The highest BCUT2D eigenvalue weighted by Gasteiger charge is 2.64. The zero-order valence-electron chi connectivity index (χ0n) is 33.0. The highest BCUT2D eigenvalue weighted by molar-refractivity contribution is 6.93. The van der Waals surface area contributed by atoms with Gasteiger partial charge >= 0.3 is 6.85 Å². The van der Waals surface area contributed by atoms with Crippen molar-refractivity contribution < 1.29 is 0 Å². The Morgan fingerprint density at radius 2 is 1.21 bits per heavy atom. The van der Waals surface area contributed by atoms with Gasteiger partial charge in [0.2, 0.25) is 0 Å². The van der Waals surface area contributed by atoms with Gasteiger partial charge in [0.05, 0.1) is 16.8 Å². The van der Waals surface area contributed by atoms with Crippen molar-refractivity contribution in [2.75, 3.05) is 9.71 Å². The molecule has 0 N–H and O–H groups in total. The Morgan fingerprint density at radius 3 is 1.98 bits per heavy atom. The first-order valence-electron chi connectivity index (χ1n) is 20.9. The summed E-state index contributed by atoms with van der Waals surface area (Å²) in [6.45, 7) is 12.5. The molecule has 2 aliphatic carbocycles. The molecule has 7 aromatic rings. The number of anilines is 4. The van der Waals surface area contributed by atoms with Crippen LogP contribution in [0.15, 0.2) is 133 Å². The van der Waals surface area contributed by atoms with Crippen LogP contribution in [0.25, 0.3) is 33.0 Å². The molecular formula is C53H45BN2. The Kier molecular flexibility index (Phi) is 5.69. The number of para-hydroxylation sites is 2. The molecule has 270 valence electrons. The molecule has 1 fully saturated rings. The predicted octanol–water partition coefficient (Wildman–Crippen LogP) is 11.8. The van der Waals surface area contributed by atoms with Crippen LogP contribution in [0.1, 0.15) is 93.7 Å². The Balaban J connectivity index is 1.23. The summed E-state index contributed by atoms with van der Waals surface area (Å²) in [5.41, 5.74) is 22.2. The van der Waals surface area contributed by atoms with Crippen molar-refractivity contribution in [3.63, 3.8) is 0 Å². The topological polar surface area (TPSA) is 6.48 Å². The molecule has 4 aliphatic heterocycles. The largest absolute Gasteiger partial charge is 0.400 e. The molecule has 0 radical (unpaired) electrons. The molecule has 1 spiro atoms. The van der Waals surface area contributed by atoms with Crippen molar-refractivity contribution >= 4 is 51.3 Å². The van der Waals surface area contributed by atoms with Crippen LogP contribution in [0, 0.1) is 0 Å². The standard InChI is InChI=1S/C53H45BN2/c1-50(2,3)33-30-38-37-29-32-17-6-7-18-34(32)48-46(37)54(56-47(38)43(31-33)51(4)27-14-15-28-52(51,56)5)44-25-16-24-42-49(44)55(48)45-26-13-12-23-41(45)53(42)39-21-10-8-19-35(39)36-20-9-11-22-40(36)53/h6-13,16-26,29-31H,14-15,27-28H2,1-5H3. The van der Waals surface area contributed by atoms with E-state index in [0.717, 1.165) is 0 Å². The van der Waals surface area contributed by atoms with E-state index in [2.05, 4.69) is 178 Å². The lowest BCUT2D eigenvalue weighted by Gasteiger charge is -2.56. The molecule has 13 rings (SSSR count).